The van der Waals surface area contributed by atoms with E-state index in [2.05, 4.69) is 10.3 Å². The number of nitrogens with zero attached hydrogens (tertiary/aromatic N) is 2. The van der Waals surface area contributed by atoms with Crippen LogP contribution >= 0.6 is 11.3 Å². The van der Waals surface area contributed by atoms with Crippen molar-refractivity contribution in [1.82, 2.24) is 4.57 Å². The minimum Gasteiger partial charge on any atom is -0.483 e. The van der Waals surface area contributed by atoms with Crippen LogP contribution in [0.15, 0.2) is 99.9 Å². The molecule has 2 heterocycles. The third-order valence-electron chi connectivity index (χ3n) is 6.60. The molecule has 0 aliphatic carbocycles. The van der Waals surface area contributed by atoms with Crippen LogP contribution < -0.4 is 24.9 Å². The number of hydrogen-bond donors (Lipinski definition) is 1. The third-order valence-corrected chi connectivity index (χ3v) is 7.58. The number of carbonyl (C=O) groups is 2. The van der Waals surface area contributed by atoms with E-state index in [4.69, 9.17) is 9.47 Å². The second kappa shape index (κ2) is 12.4. The summed E-state index contributed by atoms with van der Waals surface area (Å²) < 4.78 is 13.4. The predicted octanol–water partition coefficient (Wildman–Crippen LogP) is 4.51. The van der Waals surface area contributed by atoms with Crippen molar-refractivity contribution in [3.05, 3.63) is 127 Å². The Kier molecular flexibility index (Phi) is 8.49. The predicted molar refractivity (Wildman–Crippen MR) is 163 cm³/mol. The number of esters is 1. The fourth-order valence-corrected chi connectivity index (χ4v) is 5.70. The first-order chi connectivity index (χ1) is 20.2. The first-order valence-corrected chi connectivity index (χ1v) is 14.4. The van der Waals surface area contributed by atoms with Gasteiger partial charge in [-0.15, -0.1) is 0 Å². The number of thiazole rings is 1. The lowest BCUT2D eigenvalue weighted by atomic mass is 9.96. The average Bonchev–Trinajstić information content (AvgIpc) is 3.27. The maximum Gasteiger partial charge on any atom is 0.338 e. The lowest BCUT2D eigenvalue weighted by Crippen LogP contribution is -2.40. The lowest BCUT2D eigenvalue weighted by molar-refractivity contribution is -0.143. The first-order valence-electron chi connectivity index (χ1n) is 13.6. The van der Waals surface area contributed by atoms with Crippen LogP contribution in [0.3, 0.4) is 0 Å². The normalized spacial score (nSPS) is 14.8. The molecular weight excluding hydrogens is 550 g/mol. The van der Waals surface area contributed by atoms with Crippen molar-refractivity contribution in [2.75, 3.05) is 11.9 Å². The summed E-state index contributed by atoms with van der Waals surface area (Å²) in [4.78, 5) is 44.8. The molecule has 1 aliphatic rings. The van der Waals surface area contributed by atoms with E-state index in [1.807, 2.05) is 73.7 Å². The van der Waals surface area contributed by atoms with Gasteiger partial charge in [-0.25, -0.2) is 9.79 Å². The van der Waals surface area contributed by atoms with Crippen LogP contribution in [-0.2, 0) is 14.3 Å². The van der Waals surface area contributed by atoms with E-state index in [0.717, 1.165) is 11.1 Å². The highest BCUT2D eigenvalue weighted by Crippen LogP contribution is 2.31. The lowest BCUT2D eigenvalue weighted by Gasteiger charge is -2.25. The molecule has 0 bridgehead atoms. The number of rotatable bonds is 8. The SMILES string of the molecule is CC1=C(C(=O)OC(C)C)C(c2ccccc2)n2c(sc(=Cc3ccccc3OCC(=O)Nc3ccc(C)cc3)c2=O)=N1. The van der Waals surface area contributed by atoms with Gasteiger partial charge in [-0.1, -0.05) is 77.6 Å². The summed E-state index contributed by atoms with van der Waals surface area (Å²) in [5.41, 5.74) is 3.74. The molecule has 0 radical (unpaired) electrons. The summed E-state index contributed by atoms with van der Waals surface area (Å²) in [6.07, 6.45) is 1.40. The number of carbonyl (C=O) groups excluding carboxylic acids is 2. The molecule has 4 aromatic rings. The van der Waals surface area contributed by atoms with Crippen molar-refractivity contribution in [2.24, 2.45) is 4.99 Å². The highest BCUT2D eigenvalue weighted by atomic mass is 32.1. The topological polar surface area (TPSA) is 99.0 Å². The summed E-state index contributed by atoms with van der Waals surface area (Å²) in [6, 6.07) is 23.4. The second-order valence-electron chi connectivity index (χ2n) is 10.2. The van der Waals surface area contributed by atoms with Gasteiger partial charge in [-0.05, 0) is 57.5 Å². The molecule has 0 saturated heterocycles. The molecule has 1 aromatic heterocycles. The van der Waals surface area contributed by atoms with Crippen LogP contribution in [0.4, 0.5) is 5.69 Å². The molecule has 0 fully saturated rings. The van der Waals surface area contributed by atoms with Crippen molar-refractivity contribution in [3.8, 4) is 5.75 Å². The molecule has 9 heteroatoms. The number of fused-ring (bicyclic) bond motifs is 1. The summed E-state index contributed by atoms with van der Waals surface area (Å²) in [7, 11) is 0. The zero-order chi connectivity index (χ0) is 29.8. The smallest absolute Gasteiger partial charge is 0.338 e. The number of allylic oxidation sites excluding steroid dienone is 1. The Labute approximate surface area is 247 Å². The molecule has 1 N–H and O–H groups in total. The maximum absolute atomic E-state index is 13.9. The number of anilines is 1. The second-order valence-corrected chi connectivity index (χ2v) is 11.2. The summed E-state index contributed by atoms with van der Waals surface area (Å²) >= 11 is 1.23. The monoisotopic (exact) mass is 581 g/mol. The van der Waals surface area contributed by atoms with Crippen LogP contribution in [0.5, 0.6) is 5.75 Å². The van der Waals surface area contributed by atoms with E-state index in [9.17, 15) is 14.4 Å². The van der Waals surface area contributed by atoms with E-state index in [1.54, 1.807) is 43.5 Å². The number of hydrogen-bond acceptors (Lipinski definition) is 7. The van der Waals surface area contributed by atoms with E-state index in [1.165, 1.54) is 11.3 Å². The molecule has 0 saturated carbocycles. The van der Waals surface area contributed by atoms with Gasteiger partial charge in [0.2, 0.25) is 0 Å². The van der Waals surface area contributed by atoms with E-state index in [-0.39, 0.29) is 24.2 Å². The van der Waals surface area contributed by atoms with Gasteiger partial charge in [-0.2, -0.15) is 0 Å². The summed E-state index contributed by atoms with van der Waals surface area (Å²) in [5, 5.41) is 2.82. The van der Waals surface area contributed by atoms with E-state index in [0.29, 0.717) is 37.6 Å². The number of para-hydroxylation sites is 1. The van der Waals surface area contributed by atoms with E-state index >= 15 is 0 Å². The Morgan fingerprint density at radius 1 is 1.00 bits per heavy atom. The number of aryl methyl sites for hydroxylation is 1. The quantitative estimate of drug-likeness (QED) is 0.309. The third kappa shape index (κ3) is 6.26. The molecule has 1 atom stereocenters. The van der Waals surface area contributed by atoms with Crippen molar-refractivity contribution in [1.29, 1.82) is 0 Å². The van der Waals surface area contributed by atoms with Crippen LogP contribution in [0.1, 0.15) is 43.5 Å². The highest BCUT2D eigenvalue weighted by Gasteiger charge is 2.33. The highest BCUT2D eigenvalue weighted by molar-refractivity contribution is 7.07. The zero-order valence-electron chi connectivity index (χ0n) is 23.8. The molecular formula is C33H31N3O5S. The number of amides is 1. The zero-order valence-corrected chi connectivity index (χ0v) is 24.6. The van der Waals surface area contributed by atoms with Gasteiger partial charge in [0.05, 0.1) is 27.9 Å². The number of nitrogens with one attached hydrogen (secondary N) is 1. The molecule has 1 amide bonds. The van der Waals surface area contributed by atoms with Crippen molar-refractivity contribution >= 4 is 35.0 Å². The Balaban J connectivity index is 1.49. The van der Waals surface area contributed by atoms with Gasteiger partial charge in [0, 0.05) is 11.3 Å². The molecule has 42 heavy (non-hydrogen) atoms. The van der Waals surface area contributed by atoms with Crippen LogP contribution in [0.25, 0.3) is 6.08 Å². The molecule has 1 aliphatic heterocycles. The summed E-state index contributed by atoms with van der Waals surface area (Å²) in [5.74, 6) is -0.344. The average molecular weight is 582 g/mol. The first kappa shape index (κ1) is 28.8. The van der Waals surface area contributed by atoms with Gasteiger partial charge in [0.1, 0.15) is 5.75 Å². The fourth-order valence-electron chi connectivity index (χ4n) is 4.66. The van der Waals surface area contributed by atoms with Crippen LogP contribution in [0.2, 0.25) is 0 Å². The number of ether oxygens (including phenoxy) is 2. The number of benzene rings is 3. The van der Waals surface area contributed by atoms with Crippen molar-refractivity contribution < 1.29 is 19.1 Å². The standard InChI is InChI=1S/C33H31N3O5S/c1-20(2)41-32(39)29-22(4)34-33-36(30(29)23-10-6-5-7-11-23)31(38)27(42-33)18-24-12-8-9-13-26(24)40-19-28(37)35-25-16-14-21(3)15-17-25/h5-18,20,30H,19H2,1-4H3,(H,35,37). The largest absolute Gasteiger partial charge is 0.483 e. The molecule has 1 unspecified atom stereocenters. The molecule has 3 aromatic carbocycles. The minimum absolute atomic E-state index is 0.200. The Morgan fingerprint density at radius 2 is 1.69 bits per heavy atom. The Bertz CT molecular complexity index is 1840. The van der Waals surface area contributed by atoms with Gasteiger partial charge >= 0.3 is 5.97 Å². The summed E-state index contributed by atoms with van der Waals surface area (Å²) in [6.45, 7) is 7.10. The van der Waals surface area contributed by atoms with Crippen molar-refractivity contribution in [2.45, 2.75) is 39.8 Å². The van der Waals surface area contributed by atoms with Gasteiger partial charge in [0.25, 0.3) is 11.5 Å². The Morgan fingerprint density at radius 3 is 2.40 bits per heavy atom. The van der Waals surface area contributed by atoms with Crippen LogP contribution in [-0.4, -0.2) is 29.2 Å². The molecule has 0 spiro atoms. The van der Waals surface area contributed by atoms with E-state index < -0.39 is 12.0 Å². The van der Waals surface area contributed by atoms with Crippen LogP contribution in [0, 0.1) is 6.92 Å². The molecule has 8 nitrogen and oxygen atoms in total. The molecule has 214 valence electrons. The Hall–Kier alpha value is -4.76. The van der Waals surface area contributed by atoms with Gasteiger partial charge < -0.3 is 14.8 Å². The van der Waals surface area contributed by atoms with Gasteiger partial charge in [0.15, 0.2) is 11.4 Å². The number of aromatic nitrogens is 1. The fraction of sp³-hybridized carbons (Fsp3) is 0.212. The maximum atomic E-state index is 13.9. The van der Waals surface area contributed by atoms with Crippen molar-refractivity contribution in [3.63, 3.8) is 0 Å². The molecule has 5 rings (SSSR count). The van der Waals surface area contributed by atoms with Gasteiger partial charge in [-0.3, -0.25) is 14.2 Å². The minimum atomic E-state index is -0.687.